The van der Waals surface area contributed by atoms with Crippen LogP contribution in [0.5, 0.6) is 0 Å². The van der Waals surface area contributed by atoms with Gasteiger partial charge in [0.05, 0.1) is 31.6 Å². The second-order valence-corrected chi connectivity index (χ2v) is 5.56. The van der Waals surface area contributed by atoms with Gasteiger partial charge in [0.25, 0.3) is 0 Å². The normalized spacial score (nSPS) is 10.7. The lowest BCUT2D eigenvalue weighted by Gasteiger charge is -2.16. The number of amides is 2. The molecule has 6 nitrogen and oxygen atoms in total. The molecule has 0 aliphatic heterocycles. The van der Waals surface area contributed by atoms with Crippen molar-refractivity contribution in [2.24, 2.45) is 0 Å². The molecule has 0 fully saturated rings. The summed E-state index contributed by atoms with van der Waals surface area (Å²) in [5.74, 6) is -0.455. The molecule has 7 heteroatoms. The molecule has 0 aliphatic carbocycles. The number of hydrogen-bond donors (Lipinski definition) is 2. The minimum Gasteiger partial charge on any atom is -0.467 e. The Morgan fingerprint density at radius 2 is 1.96 bits per heavy atom. The zero-order valence-corrected chi connectivity index (χ0v) is 13.6. The number of nitrogens with zero attached hydrogens (tertiary/aromatic N) is 1. The molecule has 0 radical (unpaired) electrons. The maximum atomic E-state index is 13.7. The van der Waals surface area contributed by atoms with Crippen molar-refractivity contribution < 1.29 is 18.4 Å². The van der Waals surface area contributed by atoms with E-state index in [2.05, 4.69) is 10.6 Å². The summed E-state index contributed by atoms with van der Waals surface area (Å²) in [4.78, 5) is 25.3. The monoisotopic (exact) mass is 333 g/mol. The van der Waals surface area contributed by atoms with E-state index in [1.807, 2.05) is 0 Å². The Kier molecular flexibility index (Phi) is 6.08. The molecular weight excluding hydrogens is 313 g/mol. The Bertz CT molecular complexity index is 701. The molecule has 0 atom stereocenters. The molecule has 0 unspecified atom stereocenters. The maximum Gasteiger partial charge on any atom is 0.238 e. The molecular formula is C17H20FN3O3. The van der Waals surface area contributed by atoms with E-state index in [4.69, 9.17) is 4.42 Å². The quantitative estimate of drug-likeness (QED) is 0.812. The van der Waals surface area contributed by atoms with Crippen LogP contribution in [0.15, 0.2) is 41.0 Å². The molecule has 2 rings (SSSR count). The summed E-state index contributed by atoms with van der Waals surface area (Å²) >= 11 is 0. The van der Waals surface area contributed by atoms with Gasteiger partial charge in [-0.2, -0.15) is 0 Å². The number of rotatable bonds is 7. The van der Waals surface area contributed by atoms with Gasteiger partial charge in [0.1, 0.15) is 11.6 Å². The maximum absolute atomic E-state index is 13.7. The number of benzene rings is 1. The van der Waals surface area contributed by atoms with Crippen molar-refractivity contribution in [1.29, 1.82) is 0 Å². The summed E-state index contributed by atoms with van der Waals surface area (Å²) in [6.07, 6.45) is 1.53. The van der Waals surface area contributed by atoms with Crippen LogP contribution in [-0.4, -0.2) is 36.9 Å². The summed E-state index contributed by atoms with van der Waals surface area (Å²) in [5, 5.41) is 5.18. The van der Waals surface area contributed by atoms with Crippen molar-refractivity contribution in [2.45, 2.75) is 13.5 Å². The van der Waals surface area contributed by atoms with Gasteiger partial charge < -0.3 is 15.1 Å². The van der Waals surface area contributed by atoms with Crippen molar-refractivity contribution in [3.63, 3.8) is 0 Å². The smallest absolute Gasteiger partial charge is 0.238 e. The van der Waals surface area contributed by atoms with Crippen LogP contribution in [0.2, 0.25) is 0 Å². The predicted octanol–water partition coefficient (Wildman–Crippen LogP) is 1.91. The van der Waals surface area contributed by atoms with Crippen LogP contribution >= 0.6 is 0 Å². The third kappa shape index (κ3) is 5.51. The van der Waals surface area contributed by atoms with Crippen LogP contribution in [0.4, 0.5) is 10.1 Å². The highest BCUT2D eigenvalue weighted by Gasteiger charge is 2.12. The van der Waals surface area contributed by atoms with Crippen LogP contribution in [-0.2, 0) is 16.1 Å². The van der Waals surface area contributed by atoms with E-state index in [1.165, 1.54) is 18.4 Å². The second-order valence-electron chi connectivity index (χ2n) is 5.56. The number of carbonyl (C=O) groups is 2. The molecule has 1 heterocycles. The van der Waals surface area contributed by atoms with Crippen molar-refractivity contribution in [1.82, 2.24) is 10.2 Å². The minimum absolute atomic E-state index is 0.0263. The molecule has 1 aromatic heterocycles. The van der Waals surface area contributed by atoms with Gasteiger partial charge in [0.15, 0.2) is 0 Å². The zero-order valence-electron chi connectivity index (χ0n) is 13.6. The SMILES string of the molecule is Cc1ccc(NC(=O)CN(C)CC(=O)NCc2ccco2)c(F)c1. The third-order valence-corrected chi connectivity index (χ3v) is 3.27. The van der Waals surface area contributed by atoms with Crippen LogP contribution in [0.3, 0.4) is 0 Å². The highest BCUT2D eigenvalue weighted by atomic mass is 19.1. The number of nitrogens with one attached hydrogen (secondary N) is 2. The van der Waals surface area contributed by atoms with Gasteiger partial charge in [-0.05, 0) is 43.8 Å². The Morgan fingerprint density at radius 3 is 2.62 bits per heavy atom. The Hall–Kier alpha value is -2.67. The predicted molar refractivity (Wildman–Crippen MR) is 87.8 cm³/mol. The first kappa shape index (κ1) is 17.7. The van der Waals surface area contributed by atoms with Gasteiger partial charge in [0.2, 0.25) is 11.8 Å². The number of carbonyl (C=O) groups excluding carboxylic acids is 2. The average Bonchev–Trinajstić information content (AvgIpc) is 3.01. The number of aryl methyl sites for hydroxylation is 1. The third-order valence-electron chi connectivity index (χ3n) is 3.27. The Balaban J connectivity index is 1.75. The number of halogens is 1. The van der Waals surface area contributed by atoms with Gasteiger partial charge in [0, 0.05) is 0 Å². The number of hydrogen-bond acceptors (Lipinski definition) is 4. The largest absolute Gasteiger partial charge is 0.467 e. The van der Waals surface area contributed by atoms with Crippen LogP contribution in [0.1, 0.15) is 11.3 Å². The Morgan fingerprint density at radius 1 is 1.21 bits per heavy atom. The van der Waals surface area contributed by atoms with E-state index in [0.717, 1.165) is 5.56 Å². The Labute approximate surface area is 139 Å². The summed E-state index contributed by atoms with van der Waals surface area (Å²) in [6, 6.07) is 8.07. The molecule has 2 N–H and O–H groups in total. The van der Waals surface area contributed by atoms with E-state index in [9.17, 15) is 14.0 Å². The molecule has 2 amide bonds. The lowest BCUT2D eigenvalue weighted by atomic mass is 10.2. The van der Waals surface area contributed by atoms with Crippen LogP contribution in [0, 0.1) is 12.7 Å². The zero-order chi connectivity index (χ0) is 17.5. The summed E-state index contributed by atoms with van der Waals surface area (Å²) in [5.41, 5.74) is 0.900. The lowest BCUT2D eigenvalue weighted by molar-refractivity contribution is -0.123. The van der Waals surface area contributed by atoms with Crippen molar-refractivity contribution in [3.05, 3.63) is 53.7 Å². The minimum atomic E-state index is -0.484. The lowest BCUT2D eigenvalue weighted by Crippen LogP contribution is -2.38. The van der Waals surface area contributed by atoms with E-state index in [0.29, 0.717) is 12.3 Å². The molecule has 0 aliphatic rings. The topological polar surface area (TPSA) is 74.6 Å². The number of furan rings is 1. The summed E-state index contributed by atoms with van der Waals surface area (Å²) in [7, 11) is 1.64. The van der Waals surface area contributed by atoms with Crippen LogP contribution < -0.4 is 10.6 Å². The van der Waals surface area contributed by atoms with E-state index >= 15 is 0 Å². The molecule has 0 saturated carbocycles. The molecule has 1 aromatic carbocycles. The van der Waals surface area contributed by atoms with Gasteiger partial charge in [-0.25, -0.2) is 4.39 Å². The fraction of sp³-hybridized carbons (Fsp3) is 0.294. The van der Waals surface area contributed by atoms with Gasteiger partial charge >= 0.3 is 0 Å². The van der Waals surface area contributed by atoms with Crippen LogP contribution in [0.25, 0.3) is 0 Å². The molecule has 24 heavy (non-hydrogen) atoms. The second kappa shape index (κ2) is 8.26. The summed E-state index contributed by atoms with van der Waals surface area (Å²) in [6.45, 7) is 2.08. The first-order chi connectivity index (χ1) is 11.4. The van der Waals surface area contributed by atoms with Gasteiger partial charge in [-0.15, -0.1) is 0 Å². The van der Waals surface area contributed by atoms with E-state index < -0.39 is 5.82 Å². The first-order valence-electron chi connectivity index (χ1n) is 7.47. The molecule has 2 aromatic rings. The van der Waals surface area contributed by atoms with Crippen molar-refractivity contribution in [3.8, 4) is 0 Å². The van der Waals surface area contributed by atoms with Crippen molar-refractivity contribution in [2.75, 3.05) is 25.5 Å². The van der Waals surface area contributed by atoms with Gasteiger partial charge in [-0.1, -0.05) is 6.07 Å². The highest BCUT2D eigenvalue weighted by Crippen LogP contribution is 2.15. The standard InChI is InChI=1S/C17H20FN3O3/c1-12-5-6-15(14(18)8-12)20-17(23)11-21(2)10-16(22)19-9-13-4-3-7-24-13/h3-8H,9-11H2,1-2H3,(H,19,22)(H,20,23). The molecule has 0 bridgehead atoms. The number of likely N-dealkylation sites (N-methyl/N-ethyl adjacent to an activating group) is 1. The van der Waals surface area contributed by atoms with E-state index in [1.54, 1.807) is 37.1 Å². The molecule has 0 saturated heterocycles. The van der Waals surface area contributed by atoms with E-state index in [-0.39, 0.29) is 30.6 Å². The van der Waals surface area contributed by atoms with Crippen molar-refractivity contribution >= 4 is 17.5 Å². The highest BCUT2D eigenvalue weighted by molar-refractivity contribution is 5.92. The fourth-order valence-corrected chi connectivity index (χ4v) is 2.11. The first-order valence-corrected chi connectivity index (χ1v) is 7.47. The molecule has 128 valence electrons. The molecule has 0 spiro atoms. The fourth-order valence-electron chi connectivity index (χ4n) is 2.11. The summed E-state index contributed by atoms with van der Waals surface area (Å²) < 4.78 is 18.8. The van der Waals surface area contributed by atoms with Gasteiger partial charge in [-0.3, -0.25) is 14.5 Å². The average molecular weight is 333 g/mol. The number of anilines is 1.